The Bertz CT molecular complexity index is 1110. The number of anilines is 1. The van der Waals surface area contributed by atoms with Gasteiger partial charge in [-0.05, 0) is 44.2 Å². The third-order valence-electron chi connectivity index (χ3n) is 4.60. The molecule has 2 aromatic carbocycles. The van der Waals surface area contributed by atoms with E-state index in [1.807, 2.05) is 6.07 Å². The van der Waals surface area contributed by atoms with E-state index in [9.17, 15) is 22.8 Å². The highest BCUT2D eigenvalue weighted by atomic mass is 79.9. The summed E-state index contributed by atoms with van der Waals surface area (Å²) in [4.78, 5) is 26.5. The lowest BCUT2D eigenvalue weighted by Gasteiger charge is -2.20. The van der Waals surface area contributed by atoms with E-state index in [-0.39, 0.29) is 18.0 Å². The van der Waals surface area contributed by atoms with Gasteiger partial charge in [0.25, 0.3) is 5.91 Å². The number of benzene rings is 2. The maximum atomic E-state index is 13.1. The van der Waals surface area contributed by atoms with Crippen molar-refractivity contribution >= 4 is 44.4 Å². The van der Waals surface area contributed by atoms with Crippen LogP contribution in [0.15, 0.2) is 51.4 Å². The average Bonchev–Trinajstić information content (AvgIpc) is 3.01. The normalized spacial score (nSPS) is 11.5. The standard InChI is InChI=1S/C21H18BrF3N2O3/c1-3-27(11-18(28)26-16-7-5-4-6-15(16)21(23,24)25)20(29)19-12(2)14-10-13(22)8-9-17(14)30-19/h4-10H,3,11H2,1-2H3,(H,26,28). The number of fused-ring (bicyclic) bond motifs is 1. The molecular weight excluding hydrogens is 465 g/mol. The number of aryl methyl sites for hydroxylation is 1. The average molecular weight is 483 g/mol. The zero-order chi connectivity index (χ0) is 22.1. The molecule has 0 saturated carbocycles. The van der Waals surface area contributed by atoms with Gasteiger partial charge in [0.2, 0.25) is 5.91 Å². The Labute approximate surface area is 179 Å². The summed E-state index contributed by atoms with van der Waals surface area (Å²) in [6.45, 7) is 3.16. The molecule has 0 fully saturated rings. The molecule has 0 spiro atoms. The van der Waals surface area contributed by atoms with Crippen LogP contribution < -0.4 is 5.32 Å². The number of furan rings is 1. The van der Waals surface area contributed by atoms with Crippen molar-refractivity contribution in [1.29, 1.82) is 0 Å². The molecule has 3 aromatic rings. The second-order valence-corrected chi connectivity index (χ2v) is 7.52. The number of alkyl halides is 3. The Kier molecular flexibility index (Phi) is 6.21. The maximum absolute atomic E-state index is 13.1. The van der Waals surface area contributed by atoms with Crippen LogP contribution in [0.2, 0.25) is 0 Å². The lowest BCUT2D eigenvalue weighted by molar-refractivity contribution is -0.137. The number of rotatable bonds is 5. The zero-order valence-electron chi connectivity index (χ0n) is 16.1. The molecule has 1 aromatic heterocycles. The minimum atomic E-state index is -4.61. The first-order chi connectivity index (χ1) is 14.1. The molecule has 158 valence electrons. The van der Waals surface area contributed by atoms with Gasteiger partial charge in [-0.2, -0.15) is 13.2 Å². The summed E-state index contributed by atoms with van der Waals surface area (Å²) in [6.07, 6.45) is -4.61. The number of amides is 2. The van der Waals surface area contributed by atoms with Crippen LogP contribution in [0.4, 0.5) is 18.9 Å². The van der Waals surface area contributed by atoms with Crippen LogP contribution in [-0.4, -0.2) is 29.8 Å². The topological polar surface area (TPSA) is 62.6 Å². The van der Waals surface area contributed by atoms with E-state index in [0.717, 1.165) is 15.9 Å². The molecule has 5 nitrogen and oxygen atoms in total. The van der Waals surface area contributed by atoms with Gasteiger partial charge in [-0.1, -0.05) is 28.1 Å². The largest absolute Gasteiger partial charge is 0.451 e. The first kappa shape index (κ1) is 21.9. The molecule has 0 saturated heterocycles. The van der Waals surface area contributed by atoms with Crippen LogP contribution in [0.1, 0.15) is 28.6 Å². The number of nitrogens with one attached hydrogen (secondary N) is 1. The fourth-order valence-corrected chi connectivity index (χ4v) is 3.43. The minimum absolute atomic E-state index is 0.0911. The van der Waals surface area contributed by atoms with Gasteiger partial charge < -0.3 is 14.6 Å². The SMILES string of the molecule is CCN(CC(=O)Nc1ccccc1C(F)(F)F)C(=O)c1oc2ccc(Br)cc2c1C. The second-order valence-electron chi connectivity index (χ2n) is 6.61. The number of carbonyl (C=O) groups is 2. The number of likely N-dealkylation sites (N-methyl/N-ethyl adjacent to an activating group) is 1. The van der Waals surface area contributed by atoms with E-state index >= 15 is 0 Å². The van der Waals surface area contributed by atoms with Crippen molar-refractivity contribution in [1.82, 2.24) is 4.90 Å². The third kappa shape index (κ3) is 4.51. The number of nitrogens with zero attached hydrogens (tertiary/aromatic N) is 1. The Hall–Kier alpha value is -2.81. The van der Waals surface area contributed by atoms with Gasteiger partial charge in [0.1, 0.15) is 12.1 Å². The molecule has 0 radical (unpaired) electrons. The van der Waals surface area contributed by atoms with Crippen LogP contribution in [-0.2, 0) is 11.0 Å². The van der Waals surface area contributed by atoms with Gasteiger partial charge in [-0.25, -0.2) is 0 Å². The van der Waals surface area contributed by atoms with Crippen molar-refractivity contribution < 1.29 is 27.2 Å². The number of hydrogen-bond acceptors (Lipinski definition) is 3. The van der Waals surface area contributed by atoms with Crippen LogP contribution in [0, 0.1) is 6.92 Å². The fraction of sp³-hybridized carbons (Fsp3) is 0.238. The number of hydrogen-bond donors (Lipinski definition) is 1. The number of carbonyl (C=O) groups excluding carboxylic acids is 2. The molecule has 0 bridgehead atoms. The van der Waals surface area contributed by atoms with Gasteiger partial charge in [-0.3, -0.25) is 9.59 Å². The highest BCUT2D eigenvalue weighted by molar-refractivity contribution is 9.10. The molecule has 2 amide bonds. The van der Waals surface area contributed by atoms with Crippen LogP contribution in [0.5, 0.6) is 0 Å². The van der Waals surface area contributed by atoms with Gasteiger partial charge in [0, 0.05) is 22.0 Å². The van der Waals surface area contributed by atoms with Crippen LogP contribution in [0.25, 0.3) is 11.0 Å². The lowest BCUT2D eigenvalue weighted by atomic mass is 10.1. The summed E-state index contributed by atoms with van der Waals surface area (Å²) in [6, 6.07) is 10.0. The van der Waals surface area contributed by atoms with Gasteiger partial charge >= 0.3 is 6.18 Å². The molecule has 9 heteroatoms. The quantitative estimate of drug-likeness (QED) is 0.512. The highest BCUT2D eigenvalue weighted by Gasteiger charge is 2.34. The Morgan fingerprint density at radius 2 is 1.87 bits per heavy atom. The molecule has 3 rings (SSSR count). The summed E-state index contributed by atoms with van der Waals surface area (Å²) in [5, 5.41) is 3.00. The van der Waals surface area contributed by atoms with Gasteiger partial charge in [0.05, 0.1) is 11.3 Å². The summed E-state index contributed by atoms with van der Waals surface area (Å²) in [7, 11) is 0. The van der Waals surface area contributed by atoms with Gasteiger partial charge in [0.15, 0.2) is 5.76 Å². The molecule has 0 aliphatic heterocycles. The van der Waals surface area contributed by atoms with Crippen molar-refractivity contribution in [2.24, 2.45) is 0 Å². The second kappa shape index (κ2) is 8.51. The fourth-order valence-electron chi connectivity index (χ4n) is 3.07. The van der Waals surface area contributed by atoms with Crippen molar-refractivity contribution in [3.05, 3.63) is 63.8 Å². The van der Waals surface area contributed by atoms with E-state index in [1.165, 1.54) is 23.1 Å². The first-order valence-electron chi connectivity index (χ1n) is 9.05. The van der Waals surface area contributed by atoms with Crippen LogP contribution in [0.3, 0.4) is 0 Å². The van der Waals surface area contributed by atoms with Crippen molar-refractivity contribution in [3.63, 3.8) is 0 Å². The predicted octanol–water partition coefficient (Wildman–Crippen LogP) is 5.62. The minimum Gasteiger partial charge on any atom is -0.451 e. The summed E-state index contributed by atoms with van der Waals surface area (Å²) in [5.41, 5.74) is -0.161. The zero-order valence-corrected chi connectivity index (χ0v) is 17.7. The van der Waals surface area contributed by atoms with E-state index in [0.29, 0.717) is 11.1 Å². The Morgan fingerprint density at radius 3 is 2.53 bits per heavy atom. The number of para-hydroxylation sites is 1. The molecule has 0 atom stereocenters. The molecule has 0 aliphatic rings. The summed E-state index contributed by atoms with van der Waals surface area (Å²) >= 11 is 3.37. The van der Waals surface area contributed by atoms with Gasteiger partial charge in [-0.15, -0.1) is 0 Å². The van der Waals surface area contributed by atoms with Crippen LogP contribution >= 0.6 is 15.9 Å². The molecule has 1 heterocycles. The monoisotopic (exact) mass is 482 g/mol. The van der Waals surface area contributed by atoms with E-state index in [2.05, 4.69) is 21.2 Å². The summed E-state index contributed by atoms with van der Waals surface area (Å²) < 4.78 is 45.9. The first-order valence-corrected chi connectivity index (χ1v) is 9.85. The smallest absolute Gasteiger partial charge is 0.418 e. The highest BCUT2D eigenvalue weighted by Crippen LogP contribution is 2.34. The Morgan fingerprint density at radius 1 is 1.17 bits per heavy atom. The van der Waals surface area contributed by atoms with Crippen molar-refractivity contribution in [2.75, 3.05) is 18.4 Å². The number of halogens is 4. The van der Waals surface area contributed by atoms with E-state index < -0.39 is 30.1 Å². The molecule has 0 unspecified atom stereocenters. The maximum Gasteiger partial charge on any atom is 0.418 e. The predicted molar refractivity (Wildman–Crippen MR) is 110 cm³/mol. The summed E-state index contributed by atoms with van der Waals surface area (Å²) in [5.74, 6) is -1.16. The van der Waals surface area contributed by atoms with E-state index in [1.54, 1.807) is 26.0 Å². The van der Waals surface area contributed by atoms with E-state index in [4.69, 9.17) is 4.42 Å². The molecule has 1 N–H and O–H groups in total. The van der Waals surface area contributed by atoms with Crippen molar-refractivity contribution in [2.45, 2.75) is 20.0 Å². The molecule has 0 aliphatic carbocycles. The third-order valence-corrected chi connectivity index (χ3v) is 5.10. The lowest BCUT2D eigenvalue weighted by Crippen LogP contribution is -2.38. The van der Waals surface area contributed by atoms with Crippen molar-refractivity contribution in [3.8, 4) is 0 Å². The molecular formula is C21H18BrF3N2O3. The molecule has 30 heavy (non-hydrogen) atoms. The Balaban J connectivity index is 1.80.